The number of thiophene rings is 1. The molecule has 5 aromatic carbocycles. The number of hydrogen-bond acceptors (Lipinski definition) is 3. The minimum Gasteiger partial charge on any atom is -0.278 e. The molecule has 0 bridgehead atoms. The van der Waals surface area contributed by atoms with Crippen LogP contribution in [0, 0.1) is 0 Å². The van der Waals surface area contributed by atoms with Gasteiger partial charge in [-0.2, -0.15) is 0 Å². The second kappa shape index (κ2) is 8.65. The topological polar surface area (TPSA) is 30.7 Å². The van der Waals surface area contributed by atoms with Crippen LogP contribution in [0.3, 0.4) is 0 Å². The maximum atomic E-state index is 6.30. The van der Waals surface area contributed by atoms with Crippen LogP contribution < -0.4 is 5.46 Å². The highest BCUT2D eigenvalue weighted by molar-refractivity contribution is 7.22. The van der Waals surface area contributed by atoms with E-state index in [2.05, 4.69) is 108 Å². The summed E-state index contributed by atoms with van der Waals surface area (Å²) in [6, 6.07) is 42.0. The largest absolute Gasteiger partial charge is 0.278 e. The van der Waals surface area contributed by atoms with E-state index in [-0.39, 0.29) is 0 Å². The zero-order valence-corrected chi connectivity index (χ0v) is 21.7. The van der Waals surface area contributed by atoms with Gasteiger partial charge in [-0.1, -0.05) is 109 Å². The van der Waals surface area contributed by atoms with Crippen molar-refractivity contribution in [1.82, 2.24) is 14.5 Å². The van der Waals surface area contributed by atoms with Gasteiger partial charge in [0.2, 0.25) is 5.95 Å². The van der Waals surface area contributed by atoms with Crippen LogP contribution >= 0.6 is 11.3 Å². The molecule has 3 aromatic heterocycles. The van der Waals surface area contributed by atoms with E-state index in [1.54, 1.807) is 11.3 Å². The molecule has 8 rings (SSSR count). The van der Waals surface area contributed by atoms with E-state index < -0.39 is 0 Å². The Morgan fingerprint density at radius 1 is 0.615 bits per heavy atom. The Morgan fingerprint density at radius 3 is 2.15 bits per heavy atom. The molecule has 0 aliphatic carbocycles. The summed E-state index contributed by atoms with van der Waals surface area (Å²) in [6.45, 7) is 0. The summed E-state index contributed by atoms with van der Waals surface area (Å²) in [6.07, 6.45) is 0. The average molecular weight is 513 g/mol. The van der Waals surface area contributed by atoms with E-state index in [1.165, 1.54) is 21.2 Å². The predicted molar refractivity (Wildman–Crippen MR) is 166 cm³/mol. The Morgan fingerprint density at radius 2 is 1.33 bits per heavy atom. The molecule has 3 heterocycles. The normalized spacial score (nSPS) is 11.7. The fourth-order valence-electron chi connectivity index (χ4n) is 5.58. The van der Waals surface area contributed by atoms with E-state index in [0.717, 1.165) is 48.7 Å². The molecule has 0 unspecified atom stereocenters. The number of benzene rings is 5. The van der Waals surface area contributed by atoms with Gasteiger partial charge in [0.25, 0.3) is 0 Å². The van der Waals surface area contributed by atoms with Crippen molar-refractivity contribution >= 4 is 67.4 Å². The summed E-state index contributed by atoms with van der Waals surface area (Å²) in [7, 11) is 6.30. The van der Waals surface area contributed by atoms with Crippen LogP contribution in [-0.4, -0.2) is 22.4 Å². The van der Waals surface area contributed by atoms with Gasteiger partial charge >= 0.3 is 0 Å². The van der Waals surface area contributed by atoms with Gasteiger partial charge in [-0.15, -0.1) is 11.3 Å². The van der Waals surface area contributed by atoms with Crippen molar-refractivity contribution in [1.29, 1.82) is 0 Å². The Kier molecular flexibility index (Phi) is 4.94. The summed E-state index contributed by atoms with van der Waals surface area (Å²) >= 11 is 1.74. The van der Waals surface area contributed by atoms with Crippen molar-refractivity contribution in [2.75, 3.05) is 0 Å². The lowest BCUT2D eigenvalue weighted by atomic mass is 9.94. The molecule has 0 amide bonds. The number of nitrogens with zero attached hydrogens (tertiary/aromatic N) is 3. The van der Waals surface area contributed by atoms with Gasteiger partial charge in [0, 0.05) is 21.2 Å². The Balaban J connectivity index is 1.49. The molecule has 0 atom stereocenters. The number of hydrogen-bond donors (Lipinski definition) is 0. The van der Waals surface area contributed by atoms with Crippen LogP contribution in [0.15, 0.2) is 121 Å². The zero-order chi connectivity index (χ0) is 25.9. The molecule has 0 spiro atoms. The third-order valence-corrected chi connectivity index (χ3v) is 8.52. The highest BCUT2D eigenvalue weighted by Crippen LogP contribution is 2.40. The molecule has 0 saturated carbocycles. The molecule has 3 nitrogen and oxygen atoms in total. The minimum absolute atomic E-state index is 0.652. The van der Waals surface area contributed by atoms with Gasteiger partial charge in [-0.3, -0.25) is 4.57 Å². The summed E-state index contributed by atoms with van der Waals surface area (Å²) in [5.74, 6) is 0.652. The third-order valence-electron chi connectivity index (χ3n) is 7.34. The maximum Gasteiger partial charge on any atom is 0.235 e. The van der Waals surface area contributed by atoms with Crippen molar-refractivity contribution in [3.8, 4) is 27.6 Å². The van der Waals surface area contributed by atoms with Gasteiger partial charge < -0.3 is 0 Å². The molecule has 39 heavy (non-hydrogen) atoms. The first-order valence-corrected chi connectivity index (χ1v) is 13.7. The highest BCUT2D eigenvalue weighted by Gasteiger charge is 2.20. The van der Waals surface area contributed by atoms with E-state index in [1.807, 2.05) is 18.2 Å². The molecule has 2 radical (unpaired) electrons. The summed E-state index contributed by atoms with van der Waals surface area (Å²) in [4.78, 5) is 11.6. The second-order valence-electron chi connectivity index (χ2n) is 9.72. The predicted octanol–water partition coefficient (Wildman–Crippen LogP) is 8.07. The smallest absolute Gasteiger partial charge is 0.235 e. The van der Waals surface area contributed by atoms with Gasteiger partial charge in [-0.25, -0.2) is 9.97 Å². The quantitative estimate of drug-likeness (QED) is 0.224. The Bertz CT molecular complexity index is 2180. The molecule has 0 fully saturated rings. The van der Waals surface area contributed by atoms with Gasteiger partial charge in [0.15, 0.2) is 0 Å². The molecule has 180 valence electrons. The van der Waals surface area contributed by atoms with Crippen LogP contribution in [0.1, 0.15) is 0 Å². The monoisotopic (exact) mass is 513 g/mol. The van der Waals surface area contributed by atoms with Crippen LogP contribution in [0.4, 0.5) is 0 Å². The average Bonchev–Trinajstić information content (AvgIpc) is 3.57. The zero-order valence-electron chi connectivity index (χ0n) is 20.9. The van der Waals surface area contributed by atoms with Crippen molar-refractivity contribution in [3.63, 3.8) is 0 Å². The highest BCUT2D eigenvalue weighted by atomic mass is 32.1. The van der Waals surface area contributed by atoms with Gasteiger partial charge in [-0.05, 0) is 34.5 Å². The van der Waals surface area contributed by atoms with Gasteiger partial charge in [0.1, 0.15) is 7.85 Å². The standard InChI is InChI=1S/C34H20BN3S/c35-24-16-18-28-26(19-24)31-25-14-8-7-9-21(25)15-17-29(31)38(28)34-36-27-20-30(22-10-3-1-4-11-22)39-33(27)32(37-34)23-12-5-2-6-13-23/h1-20H. The number of fused-ring (bicyclic) bond motifs is 6. The van der Waals surface area contributed by atoms with Crippen molar-refractivity contribution in [3.05, 3.63) is 121 Å². The number of aromatic nitrogens is 3. The van der Waals surface area contributed by atoms with Gasteiger partial charge in [0.05, 0.1) is 26.9 Å². The lowest BCUT2D eigenvalue weighted by Crippen LogP contribution is -2.04. The molecular weight excluding hydrogens is 493 g/mol. The minimum atomic E-state index is 0.652. The molecule has 0 N–H and O–H groups in total. The molecule has 5 heteroatoms. The van der Waals surface area contributed by atoms with Crippen molar-refractivity contribution in [2.24, 2.45) is 0 Å². The molecule has 0 aliphatic heterocycles. The maximum absolute atomic E-state index is 6.30. The first kappa shape index (κ1) is 22.3. The van der Waals surface area contributed by atoms with Crippen LogP contribution in [0.2, 0.25) is 0 Å². The SMILES string of the molecule is [B]c1ccc2c(c1)c1c3ccccc3ccc1n2-c1nc(-c2ccccc2)c2sc(-c3ccccc3)cc2n1. The van der Waals surface area contributed by atoms with E-state index in [0.29, 0.717) is 5.95 Å². The second-order valence-corrected chi connectivity index (χ2v) is 10.8. The van der Waals surface area contributed by atoms with Crippen LogP contribution in [-0.2, 0) is 0 Å². The Labute approximate surface area is 230 Å². The van der Waals surface area contributed by atoms with E-state index >= 15 is 0 Å². The van der Waals surface area contributed by atoms with Crippen molar-refractivity contribution < 1.29 is 0 Å². The summed E-state index contributed by atoms with van der Waals surface area (Å²) < 4.78 is 3.27. The fraction of sp³-hybridized carbons (Fsp3) is 0. The van der Waals surface area contributed by atoms with Crippen LogP contribution in [0.25, 0.3) is 70.4 Å². The first-order valence-electron chi connectivity index (χ1n) is 12.9. The molecule has 0 saturated heterocycles. The lowest BCUT2D eigenvalue weighted by molar-refractivity contribution is 1.02. The lowest BCUT2D eigenvalue weighted by Gasteiger charge is -2.10. The van der Waals surface area contributed by atoms with E-state index in [4.69, 9.17) is 17.8 Å². The fourth-order valence-corrected chi connectivity index (χ4v) is 6.69. The summed E-state index contributed by atoms with van der Waals surface area (Å²) in [5.41, 5.74) is 6.96. The van der Waals surface area contributed by atoms with Crippen molar-refractivity contribution in [2.45, 2.75) is 0 Å². The third kappa shape index (κ3) is 3.51. The Hall–Kier alpha value is -4.74. The molecular formula is C34H20BN3S. The summed E-state index contributed by atoms with van der Waals surface area (Å²) in [5, 5.41) is 4.64. The first-order chi connectivity index (χ1) is 19.2. The molecule has 8 aromatic rings. The van der Waals surface area contributed by atoms with E-state index in [9.17, 15) is 0 Å². The molecule has 0 aliphatic rings. The number of rotatable bonds is 3. The van der Waals surface area contributed by atoms with Crippen LogP contribution in [0.5, 0.6) is 0 Å².